The first-order valence-electron chi connectivity index (χ1n) is 14.1. The van der Waals surface area contributed by atoms with Crippen molar-refractivity contribution in [2.45, 2.75) is 37.0 Å². The highest BCUT2D eigenvalue weighted by atomic mass is 16.6. The number of hydrogen-bond acceptors (Lipinski definition) is 10. The predicted octanol–water partition coefficient (Wildman–Crippen LogP) is -0.835. The number of ether oxygens (including phenoxy) is 2. The fourth-order valence-corrected chi connectivity index (χ4v) is 5.37. The van der Waals surface area contributed by atoms with Crippen molar-refractivity contribution in [1.82, 2.24) is 24.7 Å². The second-order valence-corrected chi connectivity index (χ2v) is 10.5. The van der Waals surface area contributed by atoms with Crippen LogP contribution in [0.2, 0.25) is 0 Å². The molecule has 2 fully saturated rings. The minimum absolute atomic E-state index is 0.0409. The number of rotatable bonds is 8. The van der Waals surface area contributed by atoms with Crippen LogP contribution in [0.3, 0.4) is 0 Å². The number of aliphatic hydroxyl groups is 2. The first-order chi connectivity index (χ1) is 21.2. The SMILES string of the molecule is COc1ccccc1C(=O)N1CCN(C(=O)[C@@H](Cc2ccccc2)NC(=O)[C@H]2O[C@@H](n3ccc(N)nc3=O)[C@H](O)[C@@H]2O)CC1. The van der Waals surface area contributed by atoms with Crippen molar-refractivity contribution in [1.29, 1.82) is 0 Å². The van der Waals surface area contributed by atoms with E-state index in [0.717, 1.165) is 10.1 Å². The molecule has 232 valence electrons. The number of anilines is 1. The highest BCUT2D eigenvalue weighted by Gasteiger charge is 2.48. The first-order valence-corrected chi connectivity index (χ1v) is 14.1. The van der Waals surface area contributed by atoms with Gasteiger partial charge in [-0.3, -0.25) is 19.0 Å². The van der Waals surface area contributed by atoms with Crippen molar-refractivity contribution in [3.8, 4) is 5.75 Å². The molecule has 3 amide bonds. The molecule has 3 heterocycles. The Morgan fingerprint density at radius 2 is 1.66 bits per heavy atom. The van der Waals surface area contributed by atoms with Gasteiger partial charge in [0.2, 0.25) is 5.91 Å². The zero-order chi connectivity index (χ0) is 31.4. The fourth-order valence-electron chi connectivity index (χ4n) is 5.37. The molecule has 0 saturated carbocycles. The van der Waals surface area contributed by atoms with Crippen LogP contribution in [0, 0.1) is 0 Å². The Hall–Kier alpha value is -4.79. The Balaban J connectivity index is 1.28. The summed E-state index contributed by atoms with van der Waals surface area (Å²) in [4.78, 5) is 59.4. The smallest absolute Gasteiger partial charge is 0.351 e. The van der Waals surface area contributed by atoms with Crippen LogP contribution in [0.5, 0.6) is 5.75 Å². The Bertz CT molecular complexity index is 1560. The minimum Gasteiger partial charge on any atom is -0.496 e. The molecule has 14 heteroatoms. The number of aromatic nitrogens is 2. The number of para-hydroxylation sites is 1. The van der Waals surface area contributed by atoms with Crippen LogP contribution in [-0.2, 0) is 20.7 Å². The molecule has 2 aromatic carbocycles. The highest BCUT2D eigenvalue weighted by molar-refractivity contribution is 5.97. The lowest BCUT2D eigenvalue weighted by Gasteiger charge is -2.37. The summed E-state index contributed by atoms with van der Waals surface area (Å²) < 4.78 is 11.9. The van der Waals surface area contributed by atoms with Crippen LogP contribution in [0.1, 0.15) is 22.1 Å². The third kappa shape index (κ3) is 6.41. The minimum atomic E-state index is -1.69. The summed E-state index contributed by atoms with van der Waals surface area (Å²) in [6.45, 7) is 1.02. The van der Waals surface area contributed by atoms with Crippen LogP contribution in [0.15, 0.2) is 71.7 Å². The van der Waals surface area contributed by atoms with Crippen molar-refractivity contribution in [3.05, 3.63) is 88.5 Å². The van der Waals surface area contributed by atoms with Crippen molar-refractivity contribution in [2.24, 2.45) is 0 Å². The molecule has 0 spiro atoms. The standard InChI is InChI=1S/C30H34N6O8/c1-43-21-10-6-5-9-19(21)27(40)34-13-15-35(16-14-34)28(41)20(17-18-7-3-2-4-8-18)32-26(39)25-23(37)24(38)29(44-25)36-12-11-22(31)33-30(36)42/h2-12,20,23-25,29,37-38H,13-17H2,1H3,(H,32,39)(H2,31,33,42)/t20-,23+,24-,25+,29-/m1/s1. The molecule has 44 heavy (non-hydrogen) atoms. The van der Waals surface area contributed by atoms with E-state index in [1.165, 1.54) is 19.4 Å². The lowest BCUT2D eigenvalue weighted by Crippen LogP contribution is -2.58. The average Bonchev–Trinajstić information content (AvgIpc) is 3.34. The number of nitrogens with two attached hydrogens (primary N) is 1. The number of methoxy groups -OCH3 is 1. The van der Waals surface area contributed by atoms with Crippen molar-refractivity contribution >= 4 is 23.5 Å². The maximum atomic E-state index is 13.8. The van der Waals surface area contributed by atoms with Gasteiger partial charge in [-0.1, -0.05) is 42.5 Å². The summed E-state index contributed by atoms with van der Waals surface area (Å²) in [6, 6.07) is 16.3. The number of nitrogen functional groups attached to an aromatic ring is 1. The van der Waals surface area contributed by atoms with Gasteiger partial charge in [0.1, 0.15) is 29.8 Å². The summed E-state index contributed by atoms with van der Waals surface area (Å²) >= 11 is 0. The molecule has 0 bridgehead atoms. The summed E-state index contributed by atoms with van der Waals surface area (Å²) in [7, 11) is 1.50. The number of aliphatic hydroxyl groups excluding tert-OH is 2. The Morgan fingerprint density at radius 3 is 2.34 bits per heavy atom. The molecule has 5 rings (SSSR count). The maximum absolute atomic E-state index is 13.8. The molecule has 3 aromatic rings. The average molecular weight is 607 g/mol. The van der Waals surface area contributed by atoms with Crippen molar-refractivity contribution in [3.63, 3.8) is 0 Å². The van der Waals surface area contributed by atoms with Gasteiger partial charge in [0, 0.05) is 38.8 Å². The Morgan fingerprint density at radius 1 is 1.00 bits per heavy atom. The number of piperazine rings is 1. The number of carbonyl (C=O) groups is 3. The van der Waals surface area contributed by atoms with E-state index in [1.54, 1.807) is 34.1 Å². The molecule has 1 aromatic heterocycles. The van der Waals surface area contributed by atoms with Gasteiger partial charge in [0.25, 0.3) is 11.8 Å². The van der Waals surface area contributed by atoms with E-state index in [0.29, 0.717) is 11.3 Å². The van der Waals surface area contributed by atoms with Gasteiger partial charge in [-0.15, -0.1) is 0 Å². The molecule has 0 unspecified atom stereocenters. The van der Waals surface area contributed by atoms with Gasteiger partial charge >= 0.3 is 5.69 Å². The largest absolute Gasteiger partial charge is 0.496 e. The lowest BCUT2D eigenvalue weighted by molar-refractivity contribution is -0.144. The summed E-state index contributed by atoms with van der Waals surface area (Å²) in [5, 5.41) is 24.0. The van der Waals surface area contributed by atoms with Crippen LogP contribution in [0.25, 0.3) is 0 Å². The van der Waals surface area contributed by atoms with E-state index in [2.05, 4.69) is 10.3 Å². The van der Waals surface area contributed by atoms with E-state index in [-0.39, 0.29) is 50.2 Å². The van der Waals surface area contributed by atoms with Gasteiger partial charge in [-0.25, -0.2) is 4.79 Å². The van der Waals surface area contributed by atoms with E-state index >= 15 is 0 Å². The quantitative estimate of drug-likeness (QED) is 0.252. The van der Waals surface area contributed by atoms with Crippen LogP contribution < -0.4 is 21.5 Å². The number of hydrogen-bond donors (Lipinski definition) is 4. The third-order valence-electron chi connectivity index (χ3n) is 7.74. The van der Waals surface area contributed by atoms with Crippen molar-refractivity contribution < 1.29 is 34.1 Å². The Labute approximate surface area is 252 Å². The number of nitrogens with one attached hydrogen (secondary N) is 1. The molecule has 2 aliphatic rings. The molecule has 0 radical (unpaired) electrons. The first kappa shape index (κ1) is 30.7. The third-order valence-corrected chi connectivity index (χ3v) is 7.74. The second-order valence-electron chi connectivity index (χ2n) is 10.5. The predicted molar refractivity (Wildman–Crippen MR) is 156 cm³/mol. The maximum Gasteiger partial charge on any atom is 0.351 e. The van der Waals surface area contributed by atoms with Gasteiger partial charge in [-0.2, -0.15) is 4.98 Å². The molecule has 2 saturated heterocycles. The molecular weight excluding hydrogens is 572 g/mol. The summed E-state index contributed by atoms with van der Waals surface area (Å²) in [5.74, 6) is -1.01. The molecular formula is C30H34N6O8. The molecule has 5 atom stereocenters. The highest BCUT2D eigenvalue weighted by Crippen LogP contribution is 2.29. The fraction of sp³-hybridized carbons (Fsp3) is 0.367. The van der Waals surface area contributed by atoms with E-state index in [9.17, 15) is 29.4 Å². The molecule has 14 nitrogen and oxygen atoms in total. The van der Waals surface area contributed by atoms with E-state index in [4.69, 9.17) is 15.2 Å². The zero-order valence-corrected chi connectivity index (χ0v) is 24.0. The molecule has 0 aliphatic carbocycles. The summed E-state index contributed by atoms with van der Waals surface area (Å²) in [6.07, 6.45) is -4.93. The normalized spacial score (nSPS) is 22.3. The second kappa shape index (κ2) is 13.2. The summed E-state index contributed by atoms with van der Waals surface area (Å²) in [5.41, 5.74) is 5.91. The van der Waals surface area contributed by atoms with Gasteiger partial charge in [0.05, 0.1) is 12.7 Å². The molecule has 2 aliphatic heterocycles. The number of amides is 3. The Kier molecular flexibility index (Phi) is 9.23. The van der Waals surface area contributed by atoms with Crippen LogP contribution in [0.4, 0.5) is 5.82 Å². The number of benzene rings is 2. The van der Waals surface area contributed by atoms with Gasteiger partial charge < -0.3 is 40.5 Å². The monoisotopic (exact) mass is 606 g/mol. The van der Waals surface area contributed by atoms with E-state index in [1.807, 2.05) is 30.3 Å². The molecule has 5 N–H and O–H groups in total. The van der Waals surface area contributed by atoms with Gasteiger partial charge in [-0.05, 0) is 23.8 Å². The number of carbonyl (C=O) groups excluding carboxylic acids is 3. The lowest BCUT2D eigenvalue weighted by atomic mass is 10.0. The van der Waals surface area contributed by atoms with Crippen molar-refractivity contribution in [2.75, 3.05) is 39.0 Å². The van der Waals surface area contributed by atoms with Crippen LogP contribution in [-0.4, -0.2) is 105 Å². The number of nitrogens with zero attached hydrogens (tertiary/aromatic N) is 4. The van der Waals surface area contributed by atoms with Gasteiger partial charge in [0.15, 0.2) is 12.3 Å². The van der Waals surface area contributed by atoms with E-state index < -0.39 is 42.2 Å². The zero-order valence-electron chi connectivity index (χ0n) is 24.0. The van der Waals surface area contributed by atoms with Crippen LogP contribution >= 0.6 is 0 Å². The topological polar surface area (TPSA) is 190 Å².